The summed E-state index contributed by atoms with van der Waals surface area (Å²) in [6, 6.07) is 4.74. The molecular formula is C27H33N5O3S. The van der Waals surface area contributed by atoms with Crippen molar-refractivity contribution in [3.05, 3.63) is 55.7 Å². The summed E-state index contributed by atoms with van der Waals surface area (Å²) in [4.78, 5) is 40.9. The second kappa shape index (κ2) is 10.1. The molecule has 1 fully saturated rings. The van der Waals surface area contributed by atoms with Gasteiger partial charge in [-0.15, -0.1) is 11.3 Å². The molecule has 0 spiro atoms. The van der Waals surface area contributed by atoms with Gasteiger partial charge in [-0.05, 0) is 50.7 Å². The van der Waals surface area contributed by atoms with Gasteiger partial charge in [0.1, 0.15) is 16.5 Å². The fourth-order valence-corrected chi connectivity index (χ4v) is 6.47. The highest BCUT2D eigenvalue weighted by atomic mass is 32.1. The number of aromatic nitrogens is 2. The minimum atomic E-state index is -0.428. The summed E-state index contributed by atoms with van der Waals surface area (Å²) in [5.74, 6) is 2.06. The highest BCUT2D eigenvalue weighted by Crippen LogP contribution is 2.40. The number of hydrogen-bond acceptors (Lipinski definition) is 7. The summed E-state index contributed by atoms with van der Waals surface area (Å²) in [5, 5.41) is 12.6. The first kappa shape index (κ1) is 24.6. The van der Waals surface area contributed by atoms with Crippen LogP contribution in [-0.4, -0.2) is 51.9 Å². The van der Waals surface area contributed by atoms with Gasteiger partial charge in [-0.25, -0.2) is 9.97 Å². The van der Waals surface area contributed by atoms with Crippen molar-refractivity contribution in [3.8, 4) is 0 Å². The Kier molecular flexibility index (Phi) is 6.92. The van der Waals surface area contributed by atoms with Gasteiger partial charge >= 0.3 is 0 Å². The zero-order chi connectivity index (χ0) is 25.4. The van der Waals surface area contributed by atoms with Gasteiger partial charge in [-0.3, -0.25) is 14.9 Å². The Morgan fingerprint density at radius 2 is 1.89 bits per heavy atom. The molecule has 0 bridgehead atoms. The standard InChI is InChI=1S/C27H33N5O3S/c1-4-17(2)24-28-25(23-20-8-6-5-7-9-22(20)36-26(23)29-24)30-12-14-31(15-13-30)27(33)19-11-10-18(3)21(16-19)32(34)35/h10-11,16-17H,4-9,12-15H2,1-3H3/t17-/m1/s1. The number of nitrogens with zero attached hydrogens (tertiary/aromatic N) is 5. The average molecular weight is 508 g/mol. The number of nitro groups is 1. The van der Waals surface area contributed by atoms with E-state index in [1.165, 1.54) is 41.2 Å². The third kappa shape index (κ3) is 4.56. The van der Waals surface area contributed by atoms with E-state index in [1.807, 2.05) is 11.3 Å². The van der Waals surface area contributed by atoms with E-state index in [-0.39, 0.29) is 17.5 Å². The molecule has 0 saturated carbocycles. The summed E-state index contributed by atoms with van der Waals surface area (Å²) in [6.07, 6.45) is 6.90. The van der Waals surface area contributed by atoms with Crippen molar-refractivity contribution in [2.45, 2.75) is 65.2 Å². The fraction of sp³-hybridized carbons (Fsp3) is 0.519. The number of fused-ring (bicyclic) bond motifs is 3. The molecular weight excluding hydrogens is 474 g/mol. The molecule has 9 heteroatoms. The lowest BCUT2D eigenvalue weighted by Crippen LogP contribution is -2.49. The number of rotatable bonds is 5. The largest absolute Gasteiger partial charge is 0.352 e. The summed E-state index contributed by atoms with van der Waals surface area (Å²) < 4.78 is 0. The minimum Gasteiger partial charge on any atom is -0.352 e. The van der Waals surface area contributed by atoms with Crippen LogP contribution in [0.1, 0.15) is 77.6 Å². The molecule has 36 heavy (non-hydrogen) atoms. The van der Waals surface area contributed by atoms with Crippen LogP contribution in [0.2, 0.25) is 0 Å². The number of thiophene rings is 1. The molecule has 0 N–H and O–H groups in total. The smallest absolute Gasteiger partial charge is 0.273 e. The van der Waals surface area contributed by atoms with Crippen LogP contribution < -0.4 is 4.90 Å². The highest BCUT2D eigenvalue weighted by molar-refractivity contribution is 7.19. The Labute approximate surface area is 215 Å². The Hall–Kier alpha value is -3.07. The molecule has 0 unspecified atom stereocenters. The number of benzene rings is 1. The van der Waals surface area contributed by atoms with Crippen LogP contribution in [0.4, 0.5) is 11.5 Å². The number of hydrogen-bond donors (Lipinski definition) is 0. The van der Waals surface area contributed by atoms with Crippen LogP contribution in [0.25, 0.3) is 10.2 Å². The Bertz CT molecular complexity index is 1310. The second-order valence-corrected chi connectivity index (χ2v) is 11.1. The summed E-state index contributed by atoms with van der Waals surface area (Å²) in [6.45, 7) is 8.50. The van der Waals surface area contributed by atoms with E-state index in [0.717, 1.165) is 35.7 Å². The van der Waals surface area contributed by atoms with Crippen molar-refractivity contribution in [1.29, 1.82) is 0 Å². The van der Waals surface area contributed by atoms with Gasteiger partial charge in [-0.2, -0.15) is 0 Å². The Morgan fingerprint density at radius 1 is 1.14 bits per heavy atom. The monoisotopic (exact) mass is 507 g/mol. The third-order valence-electron chi connectivity index (χ3n) is 7.64. The van der Waals surface area contributed by atoms with Gasteiger partial charge in [0.15, 0.2) is 0 Å². The lowest BCUT2D eigenvalue weighted by molar-refractivity contribution is -0.385. The quantitative estimate of drug-likeness (QED) is 0.252. The zero-order valence-corrected chi connectivity index (χ0v) is 22.1. The van der Waals surface area contributed by atoms with Crippen molar-refractivity contribution >= 4 is 39.0 Å². The van der Waals surface area contributed by atoms with E-state index >= 15 is 0 Å². The van der Waals surface area contributed by atoms with Crippen molar-refractivity contribution in [3.63, 3.8) is 0 Å². The molecule has 1 aliphatic carbocycles. The first-order valence-electron chi connectivity index (χ1n) is 13.0. The molecule has 5 rings (SSSR count). The Morgan fingerprint density at radius 3 is 2.61 bits per heavy atom. The number of aryl methyl sites for hydroxylation is 3. The molecule has 2 aromatic heterocycles. The van der Waals surface area contributed by atoms with Crippen LogP contribution >= 0.6 is 11.3 Å². The van der Waals surface area contributed by atoms with Crippen LogP contribution in [0, 0.1) is 17.0 Å². The predicted molar refractivity (Wildman–Crippen MR) is 143 cm³/mol. The van der Waals surface area contributed by atoms with Crippen molar-refractivity contribution < 1.29 is 9.72 Å². The van der Waals surface area contributed by atoms with Gasteiger partial charge in [0.2, 0.25) is 0 Å². The van der Waals surface area contributed by atoms with Crippen molar-refractivity contribution in [1.82, 2.24) is 14.9 Å². The maximum atomic E-state index is 13.2. The first-order valence-corrected chi connectivity index (χ1v) is 13.8. The molecule has 1 atom stereocenters. The van der Waals surface area contributed by atoms with E-state index < -0.39 is 4.92 Å². The molecule has 2 aliphatic rings. The summed E-state index contributed by atoms with van der Waals surface area (Å²) in [5.41, 5.74) is 2.34. The van der Waals surface area contributed by atoms with E-state index in [1.54, 1.807) is 24.0 Å². The van der Waals surface area contributed by atoms with Crippen LogP contribution in [-0.2, 0) is 12.8 Å². The maximum absolute atomic E-state index is 13.2. The molecule has 1 amide bonds. The molecule has 0 radical (unpaired) electrons. The molecule has 190 valence electrons. The van der Waals surface area contributed by atoms with E-state index in [2.05, 4.69) is 18.7 Å². The number of carbonyl (C=O) groups is 1. The highest BCUT2D eigenvalue weighted by Gasteiger charge is 2.28. The van der Waals surface area contributed by atoms with Crippen LogP contribution in [0.15, 0.2) is 18.2 Å². The van der Waals surface area contributed by atoms with Gasteiger partial charge in [0.25, 0.3) is 11.6 Å². The number of anilines is 1. The molecule has 3 aromatic rings. The third-order valence-corrected chi connectivity index (χ3v) is 8.82. The lowest BCUT2D eigenvalue weighted by atomic mass is 10.1. The first-order chi connectivity index (χ1) is 17.4. The van der Waals surface area contributed by atoms with Gasteiger partial charge in [-0.1, -0.05) is 26.3 Å². The topological polar surface area (TPSA) is 92.5 Å². The van der Waals surface area contributed by atoms with Crippen LogP contribution in [0.5, 0.6) is 0 Å². The van der Waals surface area contributed by atoms with Gasteiger partial charge < -0.3 is 9.80 Å². The SMILES string of the molecule is CC[C@@H](C)c1nc(N2CCN(C(=O)c3ccc(C)c([N+](=O)[O-])c3)CC2)c2c3c(sc2n1)CCCCC3. The molecule has 1 saturated heterocycles. The van der Waals surface area contributed by atoms with Crippen LogP contribution in [0.3, 0.4) is 0 Å². The number of nitro benzene ring substituents is 1. The van der Waals surface area contributed by atoms with E-state index in [0.29, 0.717) is 37.3 Å². The number of amides is 1. The number of piperazine rings is 1. The number of carbonyl (C=O) groups excluding carboxylic acids is 1. The zero-order valence-electron chi connectivity index (χ0n) is 21.2. The van der Waals surface area contributed by atoms with E-state index in [4.69, 9.17) is 9.97 Å². The molecule has 3 heterocycles. The van der Waals surface area contributed by atoms with E-state index in [9.17, 15) is 14.9 Å². The summed E-state index contributed by atoms with van der Waals surface area (Å²) >= 11 is 1.84. The van der Waals surface area contributed by atoms with Gasteiger partial charge in [0, 0.05) is 54.2 Å². The molecule has 1 aliphatic heterocycles. The fourth-order valence-electron chi connectivity index (χ4n) is 5.21. The summed E-state index contributed by atoms with van der Waals surface area (Å²) in [7, 11) is 0. The lowest BCUT2D eigenvalue weighted by Gasteiger charge is -2.36. The van der Waals surface area contributed by atoms with Gasteiger partial charge in [0.05, 0.1) is 10.3 Å². The minimum absolute atomic E-state index is 0.0152. The Balaban J connectivity index is 1.43. The average Bonchev–Trinajstić information content (AvgIpc) is 3.08. The maximum Gasteiger partial charge on any atom is 0.273 e. The van der Waals surface area contributed by atoms with Crippen molar-refractivity contribution in [2.75, 3.05) is 31.1 Å². The molecule has 8 nitrogen and oxygen atoms in total. The second-order valence-electron chi connectivity index (χ2n) is 10.00. The predicted octanol–water partition coefficient (Wildman–Crippen LogP) is 5.65. The van der Waals surface area contributed by atoms with Crippen molar-refractivity contribution in [2.24, 2.45) is 0 Å². The molecule has 1 aromatic carbocycles. The normalized spacial score (nSPS) is 17.1.